The molecule has 0 heterocycles. The summed E-state index contributed by atoms with van der Waals surface area (Å²) in [6.45, 7) is 0.0872. The van der Waals surface area contributed by atoms with Gasteiger partial charge in [0.15, 0.2) is 10.1 Å². The van der Waals surface area contributed by atoms with Gasteiger partial charge in [0.2, 0.25) is 0 Å². The fraction of sp³-hybridized carbons (Fsp3) is 1.00. The molecule has 0 saturated carbocycles. The molecule has 0 radical (unpaired) electrons. The zero-order chi connectivity index (χ0) is 9.56. The lowest BCUT2D eigenvalue weighted by molar-refractivity contribution is -0.783. The summed E-state index contributed by atoms with van der Waals surface area (Å²) < 4.78 is 0. The zero-order valence-corrected chi connectivity index (χ0v) is 6.84. The van der Waals surface area contributed by atoms with E-state index in [1.165, 1.54) is 7.05 Å². The first-order valence-corrected chi connectivity index (χ1v) is 3.12. The second kappa shape index (κ2) is 5.10. The van der Waals surface area contributed by atoms with Crippen LogP contribution in [0.2, 0.25) is 0 Å². The monoisotopic (exact) mass is 178 g/mol. The van der Waals surface area contributed by atoms with Crippen LogP contribution in [0.3, 0.4) is 0 Å². The van der Waals surface area contributed by atoms with Gasteiger partial charge in [-0.05, 0) is 0 Å². The van der Waals surface area contributed by atoms with Crippen molar-refractivity contribution in [3.05, 3.63) is 15.3 Å². The molecule has 0 aromatic heterocycles. The smallest absolute Gasteiger partial charge is 0.168 e. The van der Waals surface area contributed by atoms with Gasteiger partial charge in [0.1, 0.15) is 13.1 Å². The Balaban J connectivity index is 3.62. The van der Waals surface area contributed by atoms with Gasteiger partial charge in [0, 0.05) is 12.2 Å². The Kier molecular flexibility index (Phi) is 4.42. The molecule has 0 aliphatic rings. The van der Waals surface area contributed by atoms with Gasteiger partial charge >= 0.3 is 0 Å². The molecule has 0 fully saturated rings. The molecule has 0 bridgehead atoms. The van der Waals surface area contributed by atoms with Crippen LogP contribution in [0.1, 0.15) is 0 Å². The van der Waals surface area contributed by atoms with Crippen molar-refractivity contribution in [1.29, 1.82) is 0 Å². The van der Waals surface area contributed by atoms with E-state index in [1.54, 1.807) is 0 Å². The van der Waals surface area contributed by atoms with Crippen LogP contribution >= 0.6 is 0 Å². The molecule has 12 heavy (non-hydrogen) atoms. The molecule has 0 saturated heterocycles. The molecule has 0 rings (SSSR count). The summed E-state index contributed by atoms with van der Waals surface area (Å²) >= 11 is 0. The van der Waals surface area contributed by atoms with Crippen molar-refractivity contribution < 1.29 is 14.9 Å². The van der Waals surface area contributed by atoms with E-state index in [0.717, 1.165) is 12.1 Å². The van der Waals surface area contributed by atoms with Crippen LogP contribution in [-0.2, 0) is 4.84 Å². The average molecular weight is 178 g/mol. The topological polar surface area (TPSA) is 94.0 Å². The second-order valence-electron chi connectivity index (χ2n) is 1.90. The highest BCUT2D eigenvalue weighted by Crippen LogP contribution is 1.83. The molecule has 0 spiro atoms. The van der Waals surface area contributed by atoms with Gasteiger partial charge in [-0.2, -0.15) is 0 Å². The minimum atomic E-state index is -0.586. The number of likely N-dealkylation sites (N-methyl/N-ethyl adjacent to an activating group) is 1. The minimum Gasteiger partial charge on any atom is -0.384 e. The molecule has 0 atom stereocenters. The van der Waals surface area contributed by atoms with Crippen molar-refractivity contribution in [2.75, 3.05) is 27.2 Å². The number of hydrogen-bond donors (Lipinski definition) is 0. The van der Waals surface area contributed by atoms with Crippen LogP contribution in [0.25, 0.3) is 0 Å². The third kappa shape index (κ3) is 4.25. The Morgan fingerprint density at radius 3 is 2.58 bits per heavy atom. The maximum atomic E-state index is 10.3. The normalized spacial score (nSPS) is 11.0. The SMILES string of the molecule is CO[N+]([O-])=NCCN(C)[N+](=O)[O-]. The highest BCUT2D eigenvalue weighted by molar-refractivity contribution is 4.37. The summed E-state index contributed by atoms with van der Waals surface area (Å²) in [5.74, 6) is 0. The quantitative estimate of drug-likeness (QED) is 0.325. The molecule has 0 amide bonds. The molecular formula is C4H10N4O4. The van der Waals surface area contributed by atoms with Gasteiger partial charge in [-0.1, -0.05) is 0 Å². The predicted molar refractivity (Wildman–Crippen MR) is 37.6 cm³/mol. The van der Waals surface area contributed by atoms with E-state index < -0.39 is 5.03 Å². The largest absolute Gasteiger partial charge is 0.384 e. The first-order chi connectivity index (χ1) is 5.57. The summed E-state index contributed by atoms with van der Waals surface area (Å²) in [4.78, 5) is 14.1. The van der Waals surface area contributed by atoms with Crippen LogP contribution in [0.5, 0.6) is 0 Å². The van der Waals surface area contributed by atoms with Crippen molar-refractivity contribution in [3.63, 3.8) is 0 Å². The number of nitro groups is 1. The van der Waals surface area contributed by atoms with Gasteiger partial charge < -0.3 is 4.84 Å². The molecule has 0 aliphatic heterocycles. The Hall–Kier alpha value is -1.60. The average Bonchev–Trinajstić information content (AvgIpc) is 2.03. The Morgan fingerprint density at radius 1 is 1.58 bits per heavy atom. The van der Waals surface area contributed by atoms with Crippen LogP contribution in [0, 0.1) is 15.3 Å². The van der Waals surface area contributed by atoms with E-state index in [0.29, 0.717) is 0 Å². The Bertz CT molecular complexity index is 182. The van der Waals surface area contributed by atoms with Gasteiger partial charge in [-0.25, -0.2) is 15.3 Å². The van der Waals surface area contributed by atoms with Crippen molar-refractivity contribution in [2.45, 2.75) is 0 Å². The molecule has 0 N–H and O–H groups in total. The fourth-order valence-electron chi connectivity index (χ4n) is 0.410. The van der Waals surface area contributed by atoms with E-state index >= 15 is 0 Å². The maximum absolute atomic E-state index is 10.3. The zero-order valence-electron chi connectivity index (χ0n) is 6.84. The molecule has 8 nitrogen and oxygen atoms in total. The highest BCUT2D eigenvalue weighted by atomic mass is 16.9. The lowest BCUT2D eigenvalue weighted by Gasteiger charge is -2.03. The van der Waals surface area contributed by atoms with Crippen molar-refractivity contribution >= 4 is 0 Å². The van der Waals surface area contributed by atoms with Gasteiger partial charge in [0.05, 0.1) is 7.05 Å². The number of rotatable bonds is 5. The second-order valence-corrected chi connectivity index (χ2v) is 1.90. The molecule has 0 aromatic rings. The van der Waals surface area contributed by atoms with E-state index in [-0.39, 0.29) is 18.1 Å². The van der Waals surface area contributed by atoms with Crippen molar-refractivity contribution in [3.8, 4) is 0 Å². The maximum Gasteiger partial charge on any atom is 0.168 e. The summed E-state index contributed by atoms with van der Waals surface area (Å²) in [7, 11) is 2.45. The molecule has 70 valence electrons. The van der Waals surface area contributed by atoms with Crippen LogP contribution in [0.4, 0.5) is 0 Å². The van der Waals surface area contributed by atoms with Crippen molar-refractivity contribution in [2.24, 2.45) is 5.11 Å². The lowest BCUT2D eigenvalue weighted by Crippen LogP contribution is -2.28. The lowest BCUT2D eigenvalue weighted by atomic mass is 10.6. The van der Waals surface area contributed by atoms with Gasteiger partial charge in [-0.15, -0.1) is 5.01 Å². The standard InChI is InChI=1S/C4H10N4O4/c1-6(8(10)11)4-3-5-7(9)12-2/h3-4H2,1-2H3. The van der Waals surface area contributed by atoms with Crippen LogP contribution < -0.4 is 0 Å². The highest BCUT2D eigenvalue weighted by Gasteiger charge is 2.06. The minimum absolute atomic E-state index is 0.00772. The predicted octanol–water partition coefficient (Wildman–Crippen LogP) is -0.366. The molecular weight excluding hydrogens is 168 g/mol. The van der Waals surface area contributed by atoms with E-state index in [1.807, 2.05) is 0 Å². The van der Waals surface area contributed by atoms with Crippen molar-refractivity contribution in [1.82, 2.24) is 5.01 Å². The van der Waals surface area contributed by atoms with E-state index in [9.17, 15) is 15.3 Å². The first kappa shape index (κ1) is 10.4. The molecule has 8 heteroatoms. The fourth-order valence-corrected chi connectivity index (χ4v) is 0.410. The number of hydrogen-bond acceptors (Lipinski definition) is 5. The third-order valence-electron chi connectivity index (χ3n) is 1.07. The van der Waals surface area contributed by atoms with Gasteiger partial charge in [0.25, 0.3) is 0 Å². The Labute approximate surface area is 68.7 Å². The number of hydrazine groups is 1. The number of nitrogens with zero attached hydrogens (tertiary/aromatic N) is 4. The summed E-state index contributed by atoms with van der Waals surface area (Å²) in [5, 5.41) is 23.8. The van der Waals surface area contributed by atoms with Crippen LogP contribution in [0.15, 0.2) is 5.11 Å². The van der Waals surface area contributed by atoms with E-state index in [2.05, 4.69) is 9.95 Å². The summed E-state index contributed by atoms with van der Waals surface area (Å²) in [5.41, 5.74) is 0. The molecule has 0 aliphatic carbocycles. The molecule has 0 aromatic carbocycles. The Morgan fingerprint density at radius 2 is 2.17 bits per heavy atom. The summed E-state index contributed by atoms with van der Waals surface area (Å²) in [6, 6.07) is 0. The van der Waals surface area contributed by atoms with Crippen LogP contribution in [-0.4, -0.2) is 42.3 Å². The van der Waals surface area contributed by atoms with Gasteiger partial charge in [-0.3, -0.25) is 0 Å². The third-order valence-corrected chi connectivity index (χ3v) is 1.07. The summed E-state index contributed by atoms with van der Waals surface area (Å²) in [6.07, 6.45) is 0. The first-order valence-electron chi connectivity index (χ1n) is 3.12. The van der Waals surface area contributed by atoms with E-state index in [4.69, 9.17) is 0 Å². The molecule has 0 unspecified atom stereocenters.